The highest BCUT2D eigenvalue weighted by atomic mass is 35.5. The van der Waals surface area contributed by atoms with Crippen molar-refractivity contribution >= 4 is 34.4 Å². The number of benzene rings is 1. The number of likely N-dealkylation sites (tertiary alicyclic amines) is 1. The summed E-state index contributed by atoms with van der Waals surface area (Å²) in [4.78, 5) is 34.7. The fraction of sp³-hybridized carbons (Fsp3) is 0.318. The molecule has 1 atom stereocenters. The van der Waals surface area contributed by atoms with E-state index in [1.54, 1.807) is 17.0 Å². The molecule has 2 fully saturated rings. The smallest absolute Gasteiger partial charge is 0.268 e. The van der Waals surface area contributed by atoms with Gasteiger partial charge in [-0.3, -0.25) is 9.59 Å². The third-order valence-electron chi connectivity index (χ3n) is 5.90. The van der Waals surface area contributed by atoms with Crippen molar-refractivity contribution in [1.29, 1.82) is 0 Å². The van der Waals surface area contributed by atoms with E-state index < -0.39 is 23.6 Å². The van der Waals surface area contributed by atoms with Gasteiger partial charge >= 0.3 is 0 Å². The Bertz CT molecular complexity index is 1220. The lowest BCUT2D eigenvalue weighted by Crippen LogP contribution is -2.69. The molecule has 2 aromatic heterocycles. The van der Waals surface area contributed by atoms with E-state index in [0.29, 0.717) is 42.4 Å². The first-order chi connectivity index (χ1) is 15.3. The summed E-state index contributed by atoms with van der Waals surface area (Å²) in [6.07, 6.45) is 1.34. The fourth-order valence-corrected chi connectivity index (χ4v) is 4.33. The summed E-state index contributed by atoms with van der Waals surface area (Å²) in [5.74, 6) is -2.34. The predicted molar refractivity (Wildman–Crippen MR) is 112 cm³/mol. The minimum Gasteiger partial charge on any atom is -0.380 e. The van der Waals surface area contributed by atoms with Crippen LogP contribution in [0.25, 0.3) is 11.0 Å². The molecule has 4 heterocycles. The number of nitrogens with one attached hydrogen (secondary N) is 2. The second kappa shape index (κ2) is 7.83. The van der Waals surface area contributed by atoms with Crippen LogP contribution in [0.3, 0.4) is 0 Å². The van der Waals surface area contributed by atoms with E-state index in [-0.39, 0.29) is 29.0 Å². The maximum Gasteiger partial charge on any atom is 0.268 e. The second-order valence-corrected chi connectivity index (χ2v) is 8.86. The highest BCUT2D eigenvalue weighted by molar-refractivity contribution is 6.31. The van der Waals surface area contributed by atoms with Gasteiger partial charge < -0.3 is 19.9 Å². The van der Waals surface area contributed by atoms with Gasteiger partial charge in [0.15, 0.2) is 0 Å². The van der Waals surface area contributed by atoms with Crippen LogP contribution >= 0.6 is 11.6 Å². The Hall–Kier alpha value is -3.04. The Morgan fingerprint density at radius 2 is 2.03 bits per heavy atom. The van der Waals surface area contributed by atoms with Crippen LogP contribution in [-0.2, 0) is 16.0 Å². The molecule has 166 valence electrons. The zero-order chi connectivity index (χ0) is 22.5. The lowest BCUT2D eigenvalue weighted by molar-refractivity contribution is -0.196. The van der Waals surface area contributed by atoms with E-state index in [4.69, 9.17) is 16.3 Å². The fourth-order valence-electron chi connectivity index (χ4n) is 4.17. The first-order valence-electron chi connectivity index (χ1n) is 10.1. The Balaban J connectivity index is 1.37. The molecule has 0 radical (unpaired) electrons. The van der Waals surface area contributed by atoms with Crippen molar-refractivity contribution < 1.29 is 23.1 Å². The van der Waals surface area contributed by atoms with Crippen LogP contribution in [0, 0.1) is 17.0 Å². The average Bonchev–Trinajstić information content (AvgIpc) is 3.10. The van der Waals surface area contributed by atoms with Gasteiger partial charge in [-0.15, -0.1) is 0 Å². The minimum absolute atomic E-state index is 0.00649. The first-order valence-corrected chi connectivity index (χ1v) is 10.5. The van der Waals surface area contributed by atoms with Gasteiger partial charge in [-0.05, 0) is 23.8 Å². The van der Waals surface area contributed by atoms with Gasteiger partial charge in [0, 0.05) is 37.2 Å². The van der Waals surface area contributed by atoms with Crippen molar-refractivity contribution in [2.24, 2.45) is 5.41 Å². The number of aromatic amines is 1. The lowest BCUT2D eigenvalue weighted by atomic mass is 9.77. The predicted octanol–water partition coefficient (Wildman–Crippen LogP) is 2.69. The highest BCUT2D eigenvalue weighted by Gasteiger charge is 2.51. The normalized spacial score (nSPS) is 17.7. The van der Waals surface area contributed by atoms with Crippen molar-refractivity contribution in [2.45, 2.75) is 12.5 Å². The molecule has 0 aliphatic carbocycles. The van der Waals surface area contributed by atoms with Crippen LogP contribution in [-0.4, -0.2) is 59.0 Å². The molecule has 0 saturated carbocycles. The molecular weight excluding hydrogens is 442 g/mol. The standard InChI is InChI=1S/C22H19ClF2N4O3/c23-14-3-13-5-17(27-19(13)26-7-14)20(30)28-18(4-12-1-2-15(24)6-16(12)25)21(31)29-8-22(9-29)10-32-11-22/h1-3,5-7,18H,4,8-11H2,(H,26,27)(H,28,30). The minimum atomic E-state index is -1.02. The van der Waals surface area contributed by atoms with Gasteiger partial charge in [0.2, 0.25) is 5.91 Å². The second-order valence-electron chi connectivity index (χ2n) is 8.43. The summed E-state index contributed by atoms with van der Waals surface area (Å²) >= 11 is 5.95. The van der Waals surface area contributed by atoms with Crippen LogP contribution in [0.15, 0.2) is 36.5 Å². The lowest BCUT2D eigenvalue weighted by Gasteiger charge is -2.55. The SMILES string of the molecule is O=C(NC(Cc1ccc(F)cc1F)C(=O)N1CC2(COC2)C1)c1cc2cc(Cl)cnc2[nH]1. The quantitative estimate of drug-likeness (QED) is 0.613. The van der Waals surface area contributed by atoms with Gasteiger partial charge in [0.1, 0.15) is 29.0 Å². The van der Waals surface area contributed by atoms with Crippen molar-refractivity contribution in [3.8, 4) is 0 Å². The zero-order valence-electron chi connectivity index (χ0n) is 16.8. The van der Waals surface area contributed by atoms with Crippen LogP contribution in [0.1, 0.15) is 16.1 Å². The van der Waals surface area contributed by atoms with Crippen LogP contribution < -0.4 is 5.32 Å². The Morgan fingerprint density at radius 1 is 1.25 bits per heavy atom. The van der Waals surface area contributed by atoms with Gasteiger partial charge in [-0.1, -0.05) is 17.7 Å². The highest BCUT2D eigenvalue weighted by Crippen LogP contribution is 2.37. The molecule has 2 aliphatic rings. The van der Waals surface area contributed by atoms with E-state index in [2.05, 4.69) is 15.3 Å². The molecule has 10 heteroatoms. The van der Waals surface area contributed by atoms with Gasteiger partial charge in [0.25, 0.3) is 5.91 Å². The van der Waals surface area contributed by atoms with Crippen LogP contribution in [0.4, 0.5) is 8.78 Å². The molecule has 2 saturated heterocycles. The number of hydrogen-bond donors (Lipinski definition) is 2. The number of H-pyrrole nitrogens is 1. The molecule has 1 aromatic carbocycles. The van der Waals surface area contributed by atoms with E-state index in [0.717, 1.165) is 12.1 Å². The number of fused-ring (bicyclic) bond motifs is 1. The molecule has 2 aliphatic heterocycles. The summed E-state index contributed by atoms with van der Waals surface area (Å²) in [6.45, 7) is 2.26. The first kappa shape index (κ1) is 20.8. The maximum absolute atomic E-state index is 14.3. The Labute approximate surface area is 186 Å². The third-order valence-corrected chi connectivity index (χ3v) is 6.11. The zero-order valence-corrected chi connectivity index (χ0v) is 17.6. The molecule has 2 N–H and O–H groups in total. The van der Waals surface area contributed by atoms with E-state index in [1.807, 2.05) is 0 Å². The van der Waals surface area contributed by atoms with Crippen molar-refractivity contribution in [1.82, 2.24) is 20.2 Å². The number of carbonyl (C=O) groups is 2. The Kier molecular flexibility index (Phi) is 5.10. The van der Waals surface area contributed by atoms with E-state index >= 15 is 0 Å². The summed E-state index contributed by atoms with van der Waals surface area (Å²) in [6, 6.07) is 5.38. The summed E-state index contributed by atoms with van der Waals surface area (Å²) in [5, 5.41) is 3.77. The van der Waals surface area contributed by atoms with Gasteiger partial charge in [0.05, 0.1) is 23.7 Å². The maximum atomic E-state index is 14.3. The molecule has 5 rings (SSSR count). The monoisotopic (exact) mass is 460 g/mol. The number of pyridine rings is 1. The molecule has 32 heavy (non-hydrogen) atoms. The van der Waals surface area contributed by atoms with Gasteiger partial charge in [-0.2, -0.15) is 0 Å². The van der Waals surface area contributed by atoms with E-state index in [9.17, 15) is 18.4 Å². The summed E-state index contributed by atoms with van der Waals surface area (Å²) < 4.78 is 32.8. The number of amides is 2. The molecule has 0 bridgehead atoms. The van der Waals surface area contributed by atoms with Crippen LogP contribution in [0.5, 0.6) is 0 Å². The van der Waals surface area contributed by atoms with Crippen molar-refractivity contribution in [3.05, 3.63) is 64.4 Å². The number of rotatable bonds is 5. The Morgan fingerprint density at radius 3 is 2.72 bits per heavy atom. The molecule has 2 amide bonds. The molecular formula is C22H19ClF2N4O3. The third kappa shape index (κ3) is 3.82. The topological polar surface area (TPSA) is 87.3 Å². The summed E-state index contributed by atoms with van der Waals surface area (Å²) in [7, 11) is 0. The number of carbonyl (C=O) groups excluding carboxylic acids is 2. The molecule has 3 aromatic rings. The number of aromatic nitrogens is 2. The van der Waals surface area contributed by atoms with Crippen molar-refractivity contribution in [2.75, 3.05) is 26.3 Å². The van der Waals surface area contributed by atoms with Crippen molar-refractivity contribution in [3.63, 3.8) is 0 Å². The van der Waals surface area contributed by atoms with E-state index in [1.165, 1.54) is 12.3 Å². The number of nitrogens with zero attached hydrogens (tertiary/aromatic N) is 2. The van der Waals surface area contributed by atoms with Gasteiger partial charge in [-0.25, -0.2) is 13.8 Å². The number of hydrogen-bond acceptors (Lipinski definition) is 4. The largest absolute Gasteiger partial charge is 0.380 e. The van der Waals surface area contributed by atoms with Crippen LogP contribution in [0.2, 0.25) is 5.02 Å². The summed E-state index contributed by atoms with van der Waals surface area (Å²) in [5.41, 5.74) is 0.798. The molecule has 7 nitrogen and oxygen atoms in total. The number of ether oxygens (including phenoxy) is 1. The average molecular weight is 461 g/mol. The number of halogens is 3. The molecule has 1 unspecified atom stereocenters. The molecule has 1 spiro atoms.